The Morgan fingerprint density at radius 3 is 2.25 bits per heavy atom. The maximum atomic E-state index is 5.75. The van der Waals surface area contributed by atoms with Crippen LogP contribution in [0.1, 0.15) is 103 Å². The third kappa shape index (κ3) is 7.11. The lowest BCUT2D eigenvalue weighted by Gasteiger charge is -2.42. The Morgan fingerprint density at radius 2 is 1.61 bits per heavy atom. The predicted octanol–water partition coefficient (Wildman–Crippen LogP) is 7.50. The van der Waals surface area contributed by atoms with Gasteiger partial charge in [-0.2, -0.15) is 0 Å². The summed E-state index contributed by atoms with van der Waals surface area (Å²) >= 11 is 0. The van der Waals surface area contributed by atoms with Crippen LogP contribution in [0, 0.1) is 5.41 Å². The molecular weight excluding hydrogens is 466 g/mol. The van der Waals surface area contributed by atoms with Crippen LogP contribution in [-0.2, 0) is 4.74 Å². The van der Waals surface area contributed by atoms with E-state index in [-0.39, 0.29) is 12.4 Å². The predicted molar refractivity (Wildman–Crippen MR) is 158 cm³/mol. The molecule has 1 unspecified atom stereocenters. The molecule has 1 aliphatic carbocycles. The first-order valence-electron chi connectivity index (χ1n) is 15.0. The molecule has 4 rings (SSSR count). The fourth-order valence-electron chi connectivity index (χ4n) is 7.01. The van der Waals surface area contributed by atoms with Gasteiger partial charge in [0.05, 0.1) is 6.10 Å². The molecule has 1 aromatic rings. The molecule has 206 valence electrons. The fourth-order valence-corrected chi connectivity index (χ4v) is 7.01. The molecule has 0 aromatic heterocycles. The highest BCUT2D eigenvalue weighted by Gasteiger charge is 2.34. The summed E-state index contributed by atoms with van der Waals surface area (Å²) in [5.41, 5.74) is 5.19. The van der Waals surface area contributed by atoms with Crippen LogP contribution in [0.25, 0.3) is 0 Å². The number of piperidine rings is 1. The first-order valence-corrected chi connectivity index (χ1v) is 15.0. The second kappa shape index (κ2) is 14.3. The lowest BCUT2D eigenvalue weighted by molar-refractivity contribution is 0.0893. The third-order valence-electron chi connectivity index (χ3n) is 9.86. The van der Waals surface area contributed by atoms with Crippen LogP contribution in [0.5, 0.6) is 0 Å². The van der Waals surface area contributed by atoms with E-state index in [4.69, 9.17) is 4.74 Å². The topological polar surface area (TPSA) is 19.0 Å². The zero-order valence-electron chi connectivity index (χ0n) is 23.8. The van der Waals surface area contributed by atoms with E-state index in [2.05, 4.69) is 53.7 Å². The van der Waals surface area contributed by atoms with Crippen molar-refractivity contribution >= 4 is 23.8 Å². The zero-order chi connectivity index (χ0) is 24.7. The van der Waals surface area contributed by atoms with E-state index >= 15 is 0 Å². The number of anilines is 2. The van der Waals surface area contributed by atoms with Crippen LogP contribution in [-0.4, -0.2) is 63.9 Å². The largest absolute Gasteiger partial charge is 0.380 e. The average molecular weight is 520 g/mol. The number of nitrogens with zero attached hydrogens (tertiary/aromatic N) is 3. The van der Waals surface area contributed by atoms with Crippen LogP contribution < -0.4 is 9.80 Å². The van der Waals surface area contributed by atoms with Gasteiger partial charge in [-0.15, -0.1) is 12.4 Å². The quantitative estimate of drug-likeness (QED) is 0.298. The van der Waals surface area contributed by atoms with Crippen molar-refractivity contribution in [2.75, 3.05) is 62.7 Å². The standard InChI is InChI=1S/C31H53N3O.ClH/c1-5-8-9-18-32-20-22-33(23-21-32)30-13-12-27(34-19-10-11-28(25-34)35-4)24-29(30)26-14-16-31(6-2,7-3)17-15-26;/h12-13,24,26,28H,5-11,14-23,25H2,1-4H3;1H. The summed E-state index contributed by atoms with van der Waals surface area (Å²) in [6, 6.07) is 7.49. The number of benzene rings is 1. The fraction of sp³-hybridized carbons (Fsp3) is 0.806. The summed E-state index contributed by atoms with van der Waals surface area (Å²) < 4.78 is 5.75. The minimum absolute atomic E-state index is 0. The molecule has 36 heavy (non-hydrogen) atoms. The normalized spacial score (nSPS) is 23.5. The Morgan fingerprint density at radius 1 is 0.889 bits per heavy atom. The SMILES string of the molecule is CCCCCN1CCN(c2ccc(N3CCCC(OC)C3)cc2C2CCC(CC)(CC)CC2)CC1.Cl. The van der Waals surface area contributed by atoms with Crippen LogP contribution in [0.15, 0.2) is 18.2 Å². The Balaban J connectivity index is 0.00000361. The maximum absolute atomic E-state index is 5.75. The van der Waals surface area contributed by atoms with Gasteiger partial charge in [-0.1, -0.05) is 46.5 Å². The van der Waals surface area contributed by atoms with Gasteiger partial charge in [-0.25, -0.2) is 0 Å². The molecule has 5 heteroatoms. The summed E-state index contributed by atoms with van der Waals surface area (Å²) in [5.74, 6) is 0.710. The highest BCUT2D eigenvalue weighted by Crippen LogP contribution is 2.49. The zero-order valence-corrected chi connectivity index (χ0v) is 24.6. The van der Waals surface area contributed by atoms with E-state index in [9.17, 15) is 0 Å². The van der Waals surface area contributed by atoms with Crippen molar-refractivity contribution in [3.05, 3.63) is 23.8 Å². The third-order valence-corrected chi connectivity index (χ3v) is 9.86. The lowest BCUT2D eigenvalue weighted by Crippen LogP contribution is -2.47. The minimum atomic E-state index is 0. The molecule has 3 fully saturated rings. The van der Waals surface area contributed by atoms with Crippen molar-refractivity contribution in [3.63, 3.8) is 0 Å². The highest BCUT2D eigenvalue weighted by atomic mass is 35.5. The molecule has 0 bridgehead atoms. The minimum Gasteiger partial charge on any atom is -0.380 e. The maximum Gasteiger partial charge on any atom is 0.0746 e. The average Bonchev–Trinajstić information content (AvgIpc) is 2.93. The van der Waals surface area contributed by atoms with Gasteiger partial charge in [-0.3, -0.25) is 4.90 Å². The van der Waals surface area contributed by atoms with Crippen molar-refractivity contribution in [2.24, 2.45) is 5.41 Å². The van der Waals surface area contributed by atoms with Crippen molar-refractivity contribution in [1.29, 1.82) is 0 Å². The molecule has 4 nitrogen and oxygen atoms in total. The highest BCUT2D eigenvalue weighted by molar-refractivity contribution is 5.85. The monoisotopic (exact) mass is 519 g/mol. The molecule has 0 N–H and O–H groups in total. The molecule has 2 aliphatic heterocycles. The summed E-state index contributed by atoms with van der Waals surface area (Å²) in [6.07, 6.45) is 15.0. The van der Waals surface area contributed by atoms with Crippen LogP contribution in [0.3, 0.4) is 0 Å². The van der Waals surface area contributed by atoms with Gasteiger partial charge in [-0.05, 0) is 86.6 Å². The molecule has 2 heterocycles. The summed E-state index contributed by atoms with van der Waals surface area (Å²) in [6.45, 7) is 15.4. The van der Waals surface area contributed by atoms with E-state index in [1.165, 1.54) is 115 Å². The van der Waals surface area contributed by atoms with Crippen molar-refractivity contribution in [2.45, 2.75) is 103 Å². The Kier molecular flexibility index (Phi) is 11.7. The molecule has 1 saturated carbocycles. The smallest absolute Gasteiger partial charge is 0.0746 e. The molecular formula is C31H54ClN3O. The van der Waals surface area contributed by atoms with E-state index in [1.54, 1.807) is 5.56 Å². The summed E-state index contributed by atoms with van der Waals surface area (Å²) in [7, 11) is 1.88. The first kappa shape index (κ1) is 29.6. The number of hydrogen-bond acceptors (Lipinski definition) is 4. The number of rotatable bonds is 10. The number of hydrogen-bond donors (Lipinski definition) is 0. The number of ether oxygens (including phenoxy) is 1. The van der Waals surface area contributed by atoms with Gasteiger partial charge >= 0.3 is 0 Å². The van der Waals surface area contributed by atoms with Gasteiger partial charge in [0.25, 0.3) is 0 Å². The van der Waals surface area contributed by atoms with E-state index in [1.807, 2.05) is 7.11 Å². The summed E-state index contributed by atoms with van der Waals surface area (Å²) in [5, 5.41) is 0. The molecule has 0 spiro atoms. The van der Waals surface area contributed by atoms with E-state index < -0.39 is 0 Å². The van der Waals surface area contributed by atoms with Crippen LogP contribution in [0.2, 0.25) is 0 Å². The number of unbranched alkanes of at least 4 members (excludes halogenated alkanes) is 2. The van der Waals surface area contributed by atoms with Gasteiger partial charge in [0.2, 0.25) is 0 Å². The van der Waals surface area contributed by atoms with Gasteiger partial charge in [0.1, 0.15) is 0 Å². The second-order valence-corrected chi connectivity index (χ2v) is 11.7. The molecule has 0 radical (unpaired) electrons. The second-order valence-electron chi connectivity index (χ2n) is 11.7. The molecule has 0 amide bonds. The van der Waals surface area contributed by atoms with E-state index in [0.717, 1.165) is 13.1 Å². The number of halogens is 1. The van der Waals surface area contributed by atoms with Gasteiger partial charge < -0.3 is 14.5 Å². The summed E-state index contributed by atoms with van der Waals surface area (Å²) in [4.78, 5) is 7.99. The van der Waals surface area contributed by atoms with Crippen molar-refractivity contribution in [1.82, 2.24) is 4.90 Å². The van der Waals surface area contributed by atoms with Gasteiger partial charge in [0.15, 0.2) is 0 Å². The van der Waals surface area contributed by atoms with Crippen LogP contribution >= 0.6 is 12.4 Å². The van der Waals surface area contributed by atoms with E-state index in [0.29, 0.717) is 17.4 Å². The number of piperazine rings is 1. The molecule has 1 aromatic carbocycles. The van der Waals surface area contributed by atoms with Crippen molar-refractivity contribution < 1.29 is 4.74 Å². The molecule has 2 saturated heterocycles. The number of methoxy groups -OCH3 is 1. The van der Waals surface area contributed by atoms with Crippen LogP contribution in [0.4, 0.5) is 11.4 Å². The molecule has 3 aliphatic rings. The van der Waals surface area contributed by atoms with Crippen molar-refractivity contribution in [3.8, 4) is 0 Å². The lowest BCUT2D eigenvalue weighted by atomic mass is 9.66. The Hall–Kier alpha value is -0.970. The van der Waals surface area contributed by atoms with Gasteiger partial charge in [0, 0.05) is 57.8 Å². The Bertz CT molecular complexity index is 765. The Labute approximate surface area is 228 Å². The molecule has 1 atom stereocenters. The first-order chi connectivity index (χ1) is 17.1.